The SMILES string of the molecule is CO[C@H](C)[C@H](N)c1nc2cc(-c3ccc(C#N)cc3)c(F)cc2[nH]1. The summed E-state index contributed by atoms with van der Waals surface area (Å²) >= 11 is 0. The van der Waals surface area contributed by atoms with Crippen LogP contribution in [-0.2, 0) is 4.74 Å². The molecule has 3 aromatic rings. The van der Waals surface area contributed by atoms with E-state index in [1.807, 2.05) is 13.0 Å². The minimum Gasteiger partial charge on any atom is -0.380 e. The zero-order chi connectivity index (χ0) is 17.3. The molecular weight excluding hydrogens is 307 g/mol. The number of halogens is 1. The fraction of sp³-hybridized carbons (Fsp3) is 0.222. The highest BCUT2D eigenvalue weighted by molar-refractivity contribution is 5.82. The van der Waals surface area contributed by atoms with E-state index in [4.69, 9.17) is 15.7 Å². The summed E-state index contributed by atoms with van der Waals surface area (Å²) in [5.74, 6) is 0.187. The Balaban J connectivity index is 2.04. The van der Waals surface area contributed by atoms with Crippen molar-refractivity contribution in [2.75, 3.05) is 7.11 Å². The van der Waals surface area contributed by atoms with E-state index in [9.17, 15) is 4.39 Å². The lowest BCUT2D eigenvalue weighted by Crippen LogP contribution is -2.26. The van der Waals surface area contributed by atoms with Crippen molar-refractivity contribution in [3.8, 4) is 17.2 Å². The van der Waals surface area contributed by atoms with Crippen LogP contribution in [0.25, 0.3) is 22.2 Å². The highest BCUT2D eigenvalue weighted by Crippen LogP contribution is 2.28. The van der Waals surface area contributed by atoms with Crippen molar-refractivity contribution in [1.82, 2.24) is 9.97 Å². The molecule has 6 heteroatoms. The molecule has 0 fully saturated rings. The maximum atomic E-state index is 14.5. The van der Waals surface area contributed by atoms with Gasteiger partial charge in [0.15, 0.2) is 0 Å². The number of hydrogen-bond donors (Lipinski definition) is 2. The predicted molar refractivity (Wildman–Crippen MR) is 89.6 cm³/mol. The summed E-state index contributed by atoms with van der Waals surface area (Å²) in [6.45, 7) is 1.85. The van der Waals surface area contributed by atoms with Crippen molar-refractivity contribution in [3.05, 3.63) is 53.6 Å². The predicted octanol–water partition coefficient (Wildman–Crippen LogP) is 3.28. The molecule has 0 saturated heterocycles. The molecule has 24 heavy (non-hydrogen) atoms. The van der Waals surface area contributed by atoms with Gasteiger partial charge in [-0.3, -0.25) is 0 Å². The lowest BCUT2D eigenvalue weighted by atomic mass is 10.0. The molecule has 0 saturated carbocycles. The number of fused-ring (bicyclic) bond motifs is 1. The van der Waals surface area contributed by atoms with Crippen LogP contribution in [0.5, 0.6) is 0 Å². The first kappa shape index (κ1) is 16.1. The summed E-state index contributed by atoms with van der Waals surface area (Å²) in [4.78, 5) is 7.51. The first-order valence-corrected chi connectivity index (χ1v) is 7.51. The van der Waals surface area contributed by atoms with Crippen LogP contribution in [0.4, 0.5) is 4.39 Å². The molecule has 0 amide bonds. The molecule has 0 spiro atoms. The molecule has 0 aliphatic heterocycles. The van der Waals surface area contributed by atoms with Gasteiger partial charge in [-0.05, 0) is 30.7 Å². The summed E-state index contributed by atoms with van der Waals surface area (Å²) in [7, 11) is 1.58. The Morgan fingerprint density at radius 3 is 2.62 bits per heavy atom. The second kappa shape index (κ2) is 6.40. The number of benzene rings is 2. The van der Waals surface area contributed by atoms with Crippen LogP contribution in [0.2, 0.25) is 0 Å². The summed E-state index contributed by atoms with van der Waals surface area (Å²) in [5.41, 5.74) is 8.95. The van der Waals surface area contributed by atoms with Crippen molar-refractivity contribution in [3.63, 3.8) is 0 Å². The Hall–Kier alpha value is -2.75. The van der Waals surface area contributed by atoms with Crippen LogP contribution < -0.4 is 5.73 Å². The quantitative estimate of drug-likeness (QED) is 0.771. The van der Waals surface area contributed by atoms with Crippen LogP contribution >= 0.6 is 0 Å². The first-order valence-electron chi connectivity index (χ1n) is 7.51. The highest BCUT2D eigenvalue weighted by Gasteiger charge is 2.19. The average Bonchev–Trinajstić information content (AvgIpc) is 3.02. The van der Waals surface area contributed by atoms with Gasteiger partial charge in [0.1, 0.15) is 11.6 Å². The Labute approximate surface area is 138 Å². The van der Waals surface area contributed by atoms with Crippen LogP contribution in [0.3, 0.4) is 0 Å². The van der Waals surface area contributed by atoms with Gasteiger partial charge < -0.3 is 15.5 Å². The van der Waals surface area contributed by atoms with Gasteiger partial charge in [0, 0.05) is 18.7 Å². The van der Waals surface area contributed by atoms with E-state index in [2.05, 4.69) is 9.97 Å². The normalized spacial score (nSPS) is 13.6. The highest BCUT2D eigenvalue weighted by atomic mass is 19.1. The van der Waals surface area contributed by atoms with Crippen molar-refractivity contribution in [2.24, 2.45) is 5.73 Å². The van der Waals surface area contributed by atoms with Crippen LogP contribution in [-0.4, -0.2) is 23.2 Å². The number of nitrogens with two attached hydrogens (primary N) is 1. The molecule has 2 atom stereocenters. The summed E-state index contributed by atoms with van der Waals surface area (Å²) in [5, 5.41) is 8.85. The van der Waals surface area contributed by atoms with E-state index in [0.717, 1.165) is 0 Å². The summed E-state index contributed by atoms with van der Waals surface area (Å²) in [6.07, 6.45) is -0.214. The van der Waals surface area contributed by atoms with E-state index in [1.54, 1.807) is 37.4 Å². The van der Waals surface area contributed by atoms with Crippen molar-refractivity contribution in [1.29, 1.82) is 5.26 Å². The van der Waals surface area contributed by atoms with Gasteiger partial charge in [0.2, 0.25) is 0 Å². The summed E-state index contributed by atoms with van der Waals surface area (Å²) < 4.78 is 19.7. The third-order valence-electron chi connectivity index (χ3n) is 4.11. The van der Waals surface area contributed by atoms with Crippen LogP contribution in [0.1, 0.15) is 24.4 Å². The molecule has 1 heterocycles. The molecule has 0 aliphatic carbocycles. The molecule has 0 radical (unpaired) electrons. The van der Waals surface area contributed by atoms with Crippen LogP contribution in [0, 0.1) is 17.1 Å². The number of hydrogen-bond acceptors (Lipinski definition) is 4. The first-order chi connectivity index (χ1) is 11.5. The van der Waals surface area contributed by atoms with Crippen molar-refractivity contribution < 1.29 is 9.13 Å². The Kier molecular flexibility index (Phi) is 4.30. The molecule has 2 aromatic carbocycles. The third-order valence-corrected chi connectivity index (χ3v) is 4.11. The van der Waals surface area contributed by atoms with Crippen molar-refractivity contribution in [2.45, 2.75) is 19.1 Å². The molecular formula is C18H17FN4O. The molecule has 3 N–H and O–H groups in total. The maximum Gasteiger partial charge on any atom is 0.133 e. The average molecular weight is 324 g/mol. The van der Waals surface area contributed by atoms with Crippen molar-refractivity contribution >= 4 is 11.0 Å². The topological polar surface area (TPSA) is 87.7 Å². The Morgan fingerprint density at radius 1 is 1.29 bits per heavy atom. The zero-order valence-electron chi connectivity index (χ0n) is 13.4. The number of methoxy groups -OCH3 is 1. The van der Waals surface area contributed by atoms with Gasteiger partial charge in [-0.2, -0.15) is 5.26 Å². The van der Waals surface area contributed by atoms with E-state index >= 15 is 0 Å². The Morgan fingerprint density at radius 2 is 2.00 bits per heavy atom. The number of imidazole rings is 1. The lowest BCUT2D eigenvalue weighted by Gasteiger charge is -2.15. The molecule has 5 nitrogen and oxygen atoms in total. The lowest BCUT2D eigenvalue weighted by molar-refractivity contribution is 0.0935. The largest absolute Gasteiger partial charge is 0.380 e. The summed E-state index contributed by atoms with van der Waals surface area (Å²) in [6, 6.07) is 11.5. The standard InChI is InChI=1S/C18H17FN4O/c1-10(24-2)17(21)18-22-15-7-13(14(19)8-16(15)23-18)12-5-3-11(9-20)4-6-12/h3-8,10,17H,21H2,1-2H3,(H,22,23)/t10-,17+/m1/s1. The van der Waals surface area contributed by atoms with E-state index in [-0.39, 0.29) is 11.9 Å². The van der Waals surface area contributed by atoms with E-state index in [1.165, 1.54) is 6.07 Å². The van der Waals surface area contributed by atoms with E-state index in [0.29, 0.717) is 33.5 Å². The van der Waals surface area contributed by atoms with Gasteiger partial charge >= 0.3 is 0 Å². The van der Waals surface area contributed by atoms with E-state index < -0.39 is 6.04 Å². The fourth-order valence-electron chi connectivity index (χ4n) is 2.52. The van der Waals surface area contributed by atoms with Crippen LogP contribution in [0.15, 0.2) is 36.4 Å². The monoisotopic (exact) mass is 324 g/mol. The molecule has 1 aromatic heterocycles. The Bertz CT molecular complexity index is 911. The smallest absolute Gasteiger partial charge is 0.133 e. The zero-order valence-corrected chi connectivity index (χ0v) is 13.4. The number of aromatic amines is 1. The molecule has 122 valence electrons. The third kappa shape index (κ3) is 2.87. The molecule has 0 bridgehead atoms. The van der Waals surface area contributed by atoms with Gasteiger partial charge in [0.05, 0.1) is 34.8 Å². The minimum atomic E-state index is -0.427. The van der Waals surface area contributed by atoms with Gasteiger partial charge in [0.25, 0.3) is 0 Å². The van der Waals surface area contributed by atoms with Gasteiger partial charge in [-0.25, -0.2) is 9.37 Å². The number of nitrogens with zero attached hydrogens (tertiary/aromatic N) is 2. The number of rotatable bonds is 4. The maximum absolute atomic E-state index is 14.5. The number of aromatic nitrogens is 2. The fourth-order valence-corrected chi connectivity index (χ4v) is 2.52. The number of H-pyrrole nitrogens is 1. The number of nitriles is 1. The second-order valence-electron chi connectivity index (χ2n) is 5.63. The van der Waals surface area contributed by atoms with Gasteiger partial charge in [-0.15, -0.1) is 0 Å². The van der Waals surface area contributed by atoms with Gasteiger partial charge in [-0.1, -0.05) is 12.1 Å². The number of nitrogens with one attached hydrogen (secondary N) is 1. The number of ether oxygens (including phenoxy) is 1. The minimum absolute atomic E-state index is 0.214. The molecule has 3 rings (SSSR count). The second-order valence-corrected chi connectivity index (χ2v) is 5.63. The molecule has 0 unspecified atom stereocenters. The molecule has 0 aliphatic rings.